The first-order valence-electron chi connectivity index (χ1n) is 8.36. The van der Waals surface area contributed by atoms with Crippen LogP contribution in [0.5, 0.6) is 0 Å². The summed E-state index contributed by atoms with van der Waals surface area (Å²) in [5, 5.41) is 4.88. The van der Waals surface area contributed by atoms with Gasteiger partial charge in [0.05, 0.1) is 6.04 Å². The van der Waals surface area contributed by atoms with Crippen LogP contribution in [-0.4, -0.2) is 27.4 Å². The molecule has 0 radical (unpaired) electrons. The largest absolute Gasteiger partial charge is 0.358 e. The highest BCUT2D eigenvalue weighted by Gasteiger charge is 2.25. The minimum Gasteiger partial charge on any atom is -0.358 e. The molecule has 1 aliphatic rings. The van der Waals surface area contributed by atoms with E-state index in [0.29, 0.717) is 18.1 Å². The fourth-order valence-corrected chi connectivity index (χ4v) is 3.54. The second-order valence-electron chi connectivity index (χ2n) is 6.40. The number of carbonyl (C=O) groups excluding carboxylic acids is 1. The number of benzene rings is 1. The van der Waals surface area contributed by atoms with Crippen molar-refractivity contribution in [2.24, 2.45) is 0 Å². The van der Waals surface area contributed by atoms with Crippen LogP contribution in [-0.2, 0) is 13.0 Å². The molecule has 0 fully saturated rings. The number of hydrogen-bond acceptors (Lipinski definition) is 2. The fraction of sp³-hybridized carbons (Fsp3) is 0.263. The topological polar surface area (TPSA) is 61.0 Å². The van der Waals surface area contributed by atoms with Crippen LogP contribution in [0.25, 0.3) is 10.9 Å². The summed E-state index contributed by atoms with van der Waals surface area (Å²) in [4.78, 5) is 22.0. The Bertz CT molecular complexity index is 922. The number of amides is 2. The Hall–Kier alpha value is -2.53. The SMILES string of the molecule is CC(NC(=O)N1CCc2[nH]c3ccc(Cl)cc3c2C1)c1ccncc1. The number of aromatic nitrogens is 2. The number of aromatic amines is 1. The van der Waals surface area contributed by atoms with Crippen molar-refractivity contribution in [1.29, 1.82) is 0 Å². The maximum Gasteiger partial charge on any atom is 0.318 e. The molecule has 2 N–H and O–H groups in total. The van der Waals surface area contributed by atoms with Gasteiger partial charge in [0, 0.05) is 59.1 Å². The molecular weight excluding hydrogens is 336 g/mol. The van der Waals surface area contributed by atoms with Crippen molar-refractivity contribution in [2.75, 3.05) is 6.54 Å². The monoisotopic (exact) mass is 354 g/mol. The first-order valence-corrected chi connectivity index (χ1v) is 8.74. The molecule has 1 atom stereocenters. The van der Waals surface area contributed by atoms with E-state index in [1.807, 2.05) is 42.2 Å². The molecule has 1 aliphatic heterocycles. The number of nitrogens with zero attached hydrogens (tertiary/aromatic N) is 2. The third-order valence-corrected chi connectivity index (χ3v) is 5.01. The number of hydrogen-bond donors (Lipinski definition) is 2. The van der Waals surface area contributed by atoms with Gasteiger partial charge in [0.15, 0.2) is 0 Å². The van der Waals surface area contributed by atoms with Gasteiger partial charge in [0.25, 0.3) is 0 Å². The highest BCUT2D eigenvalue weighted by atomic mass is 35.5. The number of nitrogens with one attached hydrogen (secondary N) is 2. The van der Waals surface area contributed by atoms with E-state index in [9.17, 15) is 4.79 Å². The van der Waals surface area contributed by atoms with Crippen LogP contribution in [0.4, 0.5) is 4.79 Å². The lowest BCUT2D eigenvalue weighted by Gasteiger charge is -2.29. The van der Waals surface area contributed by atoms with Gasteiger partial charge in [-0.2, -0.15) is 0 Å². The zero-order valence-corrected chi connectivity index (χ0v) is 14.7. The molecule has 25 heavy (non-hydrogen) atoms. The smallest absolute Gasteiger partial charge is 0.318 e. The van der Waals surface area contributed by atoms with Crippen molar-refractivity contribution in [3.8, 4) is 0 Å². The maximum atomic E-state index is 12.7. The Morgan fingerprint density at radius 1 is 1.32 bits per heavy atom. The van der Waals surface area contributed by atoms with Crippen LogP contribution >= 0.6 is 11.6 Å². The van der Waals surface area contributed by atoms with Crippen LogP contribution in [0.1, 0.15) is 29.8 Å². The van der Waals surface area contributed by atoms with Gasteiger partial charge >= 0.3 is 6.03 Å². The Kier molecular flexibility index (Phi) is 4.09. The second-order valence-corrected chi connectivity index (χ2v) is 6.83. The summed E-state index contributed by atoms with van der Waals surface area (Å²) < 4.78 is 0. The molecule has 128 valence electrons. The van der Waals surface area contributed by atoms with Crippen molar-refractivity contribution >= 4 is 28.5 Å². The molecule has 4 rings (SSSR count). The molecule has 1 aromatic carbocycles. The van der Waals surface area contributed by atoms with Crippen LogP contribution in [0, 0.1) is 0 Å². The minimum atomic E-state index is -0.0608. The number of carbonyl (C=O) groups is 1. The fourth-order valence-electron chi connectivity index (χ4n) is 3.37. The second kappa shape index (κ2) is 6.41. The van der Waals surface area contributed by atoms with E-state index in [2.05, 4.69) is 15.3 Å². The first kappa shape index (κ1) is 16.0. The predicted octanol–water partition coefficient (Wildman–Crippen LogP) is 4.05. The van der Waals surface area contributed by atoms with Gasteiger partial charge in [-0.05, 0) is 42.8 Å². The van der Waals surface area contributed by atoms with Crippen molar-refractivity contribution in [1.82, 2.24) is 20.2 Å². The molecule has 5 nitrogen and oxygen atoms in total. The van der Waals surface area contributed by atoms with Gasteiger partial charge in [-0.15, -0.1) is 0 Å². The summed E-state index contributed by atoms with van der Waals surface area (Å²) in [5.74, 6) is 0. The Balaban J connectivity index is 1.52. The molecule has 1 unspecified atom stereocenters. The lowest BCUT2D eigenvalue weighted by molar-refractivity contribution is 0.189. The predicted molar refractivity (Wildman–Crippen MR) is 98.6 cm³/mol. The standard InChI is InChI=1S/C19H19ClN4O/c1-12(13-4-7-21-8-5-13)22-19(25)24-9-6-18-16(11-24)15-10-14(20)2-3-17(15)23-18/h2-5,7-8,10,12,23H,6,9,11H2,1H3,(H,22,25). The molecule has 6 heteroatoms. The molecule has 0 bridgehead atoms. The van der Waals surface area contributed by atoms with Crippen molar-refractivity contribution < 1.29 is 4.79 Å². The summed E-state index contributed by atoms with van der Waals surface area (Å²) in [6, 6.07) is 9.56. The summed E-state index contributed by atoms with van der Waals surface area (Å²) >= 11 is 6.14. The van der Waals surface area contributed by atoms with Gasteiger partial charge in [-0.1, -0.05) is 11.6 Å². The molecule has 3 heterocycles. The lowest BCUT2D eigenvalue weighted by Crippen LogP contribution is -2.43. The van der Waals surface area contributed by atoms with E-state index >= 15 is 0 Å². The number of halogens is 1. The van der Waals surface area contributed by atoms with Crippen LogP contribution in [0.3, 0.4) is 0 Å². The Morgan fingerprint density at radius 3 is 2.92 bits per heavy atom. The third kappa shape index (κ3) is 3.07. The molecule has 0 aliphatic carbocycles. The molecule has 0 spiro atoms. The third-order valence-electron chi connectivity index (χ3n) is 4.77. The summed E-state index contributed by atoms with van der Waals surface area (Å²) in [7, 11) is 0. The molecule has 2 amide bonds. The van der Waals surface area contributed by atoms with Crippen LogP contribution < -0.4 is 5.32 Å². The van der Waals surface area contributed by atoms with Gasteiger partial charge in [-0.3, -0.25) is 4.98 Å². The van der Waals surface area contributed by atoms with E-state index in [4.69, 9.17) is 11.6 Å². The van der Waals surface area contributed by atoms with Gasteiger partial charge in [0.1, 0.15) is 0 Å². The number of fused-ring (bicyclic) bond motifs is 3. The van der Waals surface area contributed by atoms with E-state index in [1.54, 1.807) is 12.4 Å². The summed E-state index contributed by atoms with van der Waals surface area (Å²) in [5.41, 5.74) is 4.47. The summed E-state index contributed by atoms with van der Waals surface area (Å²) in [6.45, 7) is 3.26. The summed E-state index contributed by atoms with van der Waals surface area (Å²) in [6.07, 6.45) is 4.29. The molecule has 0 saturated heterocycles. The zero-order chi connectivity index (χ0) is 17.4. The maximum absolute atomic E-state index is 12.7. The van der Waals surface area contributed by atoms with Gasteiger partial charge < -0.3 is 15.2 Å². The Labute approximate surface area is 151 Å². The zero-order valence-electron chi connectivity index (χ0n) is 13.9. The van der Waals surface area contributed by atoms with E-state index in [-0.39, 0.29) is 12.1 Å². The van der Waals surface area contributed by atoms with Gasteiger partial charge in [-0.25, -0.2) is 4.79 Å². The number of H-pyrrole nitrogens is 1. The number of pyridine rings is 1. The van der Waals surface area contributed by atoms with E-state index in [1.165, 1.54) is 5.69 Å². The first-order chi connectivity index (χ1) is 12.1. The number of urea groups is 1. The van der Waals surface area contributed by atoms with E-state index < -0.39 is 0 Å². The van der Waals surface area contributed by atoms with Crippen molar-refractivity contribution in [3.05, 3.63) is 64.6 Å². The van der Waals surface area contributed by atoms with Gasteiger partial charge in [0.2, 0.25) is 0 Å². The minimum absolute atomic E-state index is 0.0497. The lowest BCUT2D eigenvalue weighted by atomic mass is 10.0. The van der Waals surface area contributed by atoms with Crippen LogP contribution in [0.2, 0.25) is 5.02 Å². The Morgan fingerprint density at radius 2 is 2.12 bits per heavy atom. The number of rotatable bonds is 2. The normalized spacial score (nSPS) is 15.0. The average molecular weight is 355 g/mol. The highest BCUT2D eigenvalue weighted by Crippen LogP contribution is 2.29. The van der Waals surface area contributed by atoms with Crippen LogP contribution in [0.15, 0.2) is 42.7 Å². The quantitative estimate of drug-likeness (QED) is 0.729. The molecule has 0 saturated carbocycles. The molecule has 2 aromatic heterocycles. The van der Waals surface area contributed by atoms with Crippen molar-refractivity contribution in [2.45, 2.75) is 25.9 Å². The van der Waals surface area contributed by atoms with Crippen molar-refractivity contribution in [3.63, 3.8) is 0 Å². The molecular formula is C19H19ClN4O. The molecule has 3 aromatic rings. The van der Waals surface area contributed by atoms with E-state index in [0.717, 1.165) is 28.5 Å². The highest BCUT2D eigenvalue weighted by molar-refractivity contribution is 6.31. The average Bonchev–Trinajstić information content (AvgIpc) is 2.99.